The minimum Gasteiger partial charge on any atom is -0.368 e. The molecule has 4 heteroatoms. The van der Waals surface area contributed by atoms with Crippen molar-refractivity contribution in [3.63, 3.8) is 0 Å². The van der Waals surface area contributed by atoms with Crippen molar-refractivity contribution in [1.82, 2.24) is 5.32 Å². The van der Waals surface area contributed by atoms with Crippen LogP contribution in [0.4, 0.5) is 0 Å². The van der Waals surface area contributed by atoms with Gasteiger partial charge in [-0.05, 0) is 42.4 Å². The molecule has 21 heavy (non-hydrogen) atoms. The Hall–Kier alpha value is -1.00. The number of likely N-dealkylation sites (N-methyl/N-ethyl adjacent to an activating group) is 1. The van der Waals surface area contributed by atoms with Crippen LogP contribution in [0.25, 0.3) is 0 Å². The molecule has 0 aliphatic rings. The predicted octanol–water partition coefficient (Wildman–Crippen LogP) is 3.15. The topological polar surface area (TPSA) is 55.1 Å². The van der Waals surface area contributed by atoms with Gasteiger partial charge in [-0.2, -0.15) is 11.8 Å². The maximum absolute atomic E-state index is 12.1. The van der Waals surface area contributed by atoms with Crippen molar-refractivity contribution in [1.29, 1.82) is 0 Å². The summed E-state index contributed by atoms with van der Waals surface area (Å²) in [6.45, 7) is 7.19. The molecule has 1 aromatic carbocycles. The molecular weight excluding hydrogens is 280 g/mol. The van der Waals surface area contributed by atoms with Gasteiger partial charge in [0.15, 0.2) is 0 Å². The van der Waals surface area contributed by atoms with Gasteiger partial charge in [0.2, 0.25) is 5.91 Å². The first-order chi connectivity index (χ1) is 10.0. The first-order valence-electron chi connectivity index (χ1n) is 7.71. The van der Waals surface area contributed by atoms with Crippen LogP contribution in [0.5, 0.6) is 0 Å². The zero-order chi connectivity index (χ0) is 15.7. The van der Waals surface area contributed by atoms with Crippen LogP contribution in [0.3, 0.4) is 0 Å². The lowest BCUT2D eigenvalue weighted by Crippen LogP contribution is -2.53. The molecule has 118 valence electrons. The van der Waals surface area contributed by atoms with Crippen molar-refractivity contribution in [3.8, 4) is 0 Å². The molecule has 1 atom stereocenters. The van der Waals surface area contributed by atoms with Gasteiger partial charge in [0.05, 0.1) is 0 Å². The van der Waals surface area contributed by atoms with Crippen LogP contribution in [0.1, 0.15) is 39.2 Å². The van der Waals surface area contributed by atoms with Crippen LogP contribution >= 0.6 is 11.8 Å². The summed E-state index contributed by atoms with van der Waals surface area (Å²) < 4.78 is 0. The Bertz CT molecular complexity index is 422. The summed E-state index contributed by atoms with van der Waals surface area (Å²) in [7, 11) is 0. The van der Waals surface area contributed by atoms with Crippen LogP contribution in [0.15, 0.2) is 30.3 Å². The molecule has 1 aromatic rings. The number of carbonyl (C=O) groups is 1. The first-order valence-corrected chi connectivity index (χ1v) is 8.86. The Morgan fingerprint density at radius 1 is 1.29 bits per heavy atom. The third-order valence-corrected chi connectivity index (χ3v) is 4.64. The lowest BCUT2D eigenvalue weighted by molar-refractivity contribution is -0.124. The normalized spacial score (nSPS) is 14.1. The van der Waals surface area contributed by atoms with Gasteiger partial charge >= 0.3 is 0 Å². The van der Waals surface area contributed by atoms with E-state index in [-0.39, 0.29) is 5.91 Å². The van der Waals surface area contributed by atoms with Crippen LogP contribution in [-0.2, 0) is 10.3 Å². The molecule has 0 aromatic heterocycles. The second-order valence-electron chi connectivity index (χ2n) is 5.71. The second kappa shape index (κ2) is 9.11. The number of primary amides is 1. The number of benzene rings is 1. The molecule has 1 unspecified atom stereocenters. The number of hydrogen-bond donors (Lipinski definition) is 2. The fraction of sp³-hybridized carbons (Fsp3) is 0.588. The first kappa shape index (κ1) is 18.1. The molecule has 0 saturated carbocycles. The number of nitrogens with one attached hydrogen (secondary N) is 1. The number of hydrogen-bond acceptors (Lipinski definition) is 3. The largest absolute Gasteiger partial charge is 0.368 e. The standard InChI is InChI=1S/C17H28N2OS/c1-4-19-17(16(18)20,15-8-6-5-7-9-15)11-13-21-12-10-14(2)3/h5-9,14,19H,4,10-13H2,1-3H3,(H2,18,20). The zero-order valence-electron chi connectivity index (χ0n) is 13.4. The van der Waals surface area contributed by atoms with Gasteiger partial charge in [0.1, 0.15) is 5.54 Å². The Balaban J connectivity index is 2.75. The maximum atomic E-state index is 12.1. The van der Waals surface area contributed by atoms with E-state index in [0.29, 0.717) is 6.54 Å². The van der Waals surface area contributed by atoms with Crippen molar-refractivity contribution < 1.29 is 4.79 Å². The van der Waals surface area contributed by atoms with Crippen molar-refractivity contribution in [2.75, 3.05) is 18.1 Å². The monoisotopic (exact) mass is 308 g/mol. The minimum atomic E-state index is -0.749. The molecule has 1 amide bonds. The highest BCUT2D eigenvalue weighted by molar-refractivity contribution is 7.99. The van der Waals surface area contributed by atoms with Crippen molar-refractivity contribution in [2.45, 2.75) is 39.2 Å². The molecule has 3 N–H and O–H groups in total. The van der Waals surface area contributed by atoms with E-state index in [1.165, 1.54) is 6.42 Å². The van der Waals surface area contributed by atoms with Crippen molar-refractivity contribution in [2.24, 2.45) is 11.7 Å². The minimum absolute atomic E-state index is 0.292. The lowest BCUT2D eigenvalue weighted by Gasteiger charge is -2.32. The molecule has 0 aliphatic heterocycles. The van der Waals surface area contributed by atoms with E-state index in [9.17, 15) is 4.79 Å². The van der Waals surface area contributed by atoms with E-state index < -0.39 is 5.54 Å². The summed E-state index contributed by atoms with van der Waals surface area (Å²) in [4.78, 5) is 12.1. The Kier molecular flexibility index (Phi) is 7.83. The van der Waals surface area contributed by atoms with E-state index in [1.807, 2.05) is 49.0 Å². The fourth-order valence-electron chi connectivity index (χ4n) is 2.36. The summed E-state index contributed by atoms with van der Waals surface area (Å²) in [5.41, 5.74) is 5.95. The number of amides is 1. The molecule has 0 radical (unpaired) electrons. The van der Waals surface area contributed by atoms with E-state index in [0.717, 1.165) is 29.4 Å². The van der Waals surface area contributed by atoms with E-state index in [1.54, 1.807) is 0 Å². The fourth-order valence-corrected chi connectivity index (χ4v) is 3.65. The highest BCUT2D eigenvalue weighted by Gasteiger charge is 2.36. The van der Waals surface area contributed by atoms with Crippen LogP contribution < -0.4 is 11.1 Å². The number of rotatable bonds is 10. The highest BCUT2D eigenvalue weighted by Crippen LogP contribution is 2.27. The molecule has 0 spiro atoms. The summed E-state index contributed by atoms with van der Waals surface area (Å²) in [6, 6.07) is 9.82. The van der Waals surface area contributed by atoms with Crippen LogP contribution in [0.2, 0.25) is 0 Å². The van der Waals surface area contributed by atoms with Crippen LogP contribution in [0, 0.1) is 5.92 Å². The van der Waals surface area contributed by atoms with E-state index >= 15 is 0 Å². The van der Waals surface area contributed by atoms with Gasteiger partial charge in [-0.3, -0.25) is 10.1 Å². The van der Waals surface area contributed by atoms with Crippen LogP contribution in [-0.4, -0.2) is 24.0 Å². The van der Waals surface area contributed by atoms with Crippen molar-refractivity contribution >= 4 is 17.7 Å². The van der Waals surface area contributed by atoms with Gasteiger partial charge < -0.3 is 5.73 Å². The Labute approximate surface area is 133 Å². The third-order valence-electron chi connectivity index (χ3n) is 3.63. The highest BCUT2D eigenvalue weighted by atomic mass is 32.2. The SMILES string of the molecule is CCNC(CCSCCC(C)C)(C(N)=O)c1ccccc1. The van der Waals surface area contributed by atoms with Gasteiger partial charge in [0.25, 0.3) is 0 Å². The summed E-state index contributed by atoms with van der Waals surface area (Å²) >= 11 is 1.90. The molecule has 0 aliphatic carbocycles. The molecule has 0 heterocycles. The predicted molar refractivity (Wildman–Crippen MR) is 92.4 cm³/mol. The Morgan fingerprint density at radius 3 is 2.48 bits per heavy atom. The molecule has 0 fully saturated rings. The zero-order valence-corrected chi connectivity index (χ0v) is 14.2. The van der Waals surface area contributed by atoms with Gasteiger partial charge in [-0.15, -0.1) is 0 Å². The van der Waals surface area contributed by atoms with E-state index in [4.69, 9.17) is 5.73 Å². The van der Waals surface area contributed by atoms with Gasteiger partial charge in [-0.1, -0.05) is 51.1 Å². The van der Waals surface area contributed by atoms with Gasteiger partial charge in [-0.25, -0.2) is 0 Å². The average molecular weight is 308 g/mol. The third kappa shape index (κ3) is 5.36. The molecule has 1 rings (SSSR count). The molecule has 0 saturated heterocycles. The lowest BCUT2D eigenvalue weighted by atomic mass is 9.86. The maximum Gasteiger partial charge on any atom is 0.242 e. The number of thioether (sulfide) groups is 1. The number of carbonyl (C=O) groups excluding carboxylic acids is 1. The number of nitrogens with two attached hydrogens (primary N) is 1. The quantitative estimate of drug-likeness (QED) is 0.653. The Morgan fingerprint density at radius 2 is 1.95 bits per heavy atom. The molecule has 0 bridgehead atoms. The summed E-state index contributed by atoms with van der Waals surface area (Å²) in [5, 5.41) is 3.32. The second-order valence-corrected chi connectivity index (χ2v) is 6.94. The van der Waals surface area contributed by atoms with E-state index in [2.05, 4.69) is 19.2 Å². The molecule has 3 nitrogen and oxygen atoms in total. The molecular formula is C17H28N2OS. The van der Waals surface area contributed by atoms with Gasteiger partial charge in [0, 0.05) is 0 Å². The smallest absolute Gasteiger partial charge is 0.242 e. The average Bonchev–Trinajstić information content (AvgIpc) is 2.46. The van der Waals surface area contributed by atoms with Crippen molar-refractivity contribution in [3.05, 3.63) is 35.9 Å². The summed E-state index contributed by atoms with van der Waals surface area (Å²) in [5.74, 6) is 2.49. The summed E-state index contributed by atoms with van der Waals surface area (Å²) in [6.07, 6.45) is 1.93.